The van der Waals surface area contributed by atoms with Gasteiger partial charge in [-0.1, -0.05) is 64.5 Å². The maximum Gasteiger partial charge on any atom is 0.325 e. The number of aromatic nitrogens is 2. The molecule has 0 unspecified atom stereocenters. The van der Waals surface area contributed by atoms with Gasteiger partial charge in [-0.3, -0.25) is 5.32 Å². The molecule has 2 N–H and O–H groups in total. The van der Waals surface area contributed by atoms with Gasteiger partial charge in [0.15, 0.2) is 4.34 Å². The van der Waals surface area contributed by atoms with Crippen LogP contribution in [0.2, 0.25) is 10.0 Å². The lowest BCUT2D eigenvalue weighted by Gasteiger charge is -2.09. The molecule has 0 aliphatic heterocycles. The van der Waals surface area contributed by atoms with Gasteiger partial charge in [0.25, 0.3) is 0 Å². The molecule has 3 rings (SSSR count). The van der Waals surface area contributed by atoms with Crippen molar-refractivity contribution in [2.24, 2.45) is 0 Å². The van der Waals surface area contributed by atoms with Crippen molar-refractivity contribution >= 4 is 63.2 Å². The van der Waals surface area contributed by atoms with Gasteiger partial charge in [0.2, 0.25) is 5.13 Å². The summed E-state index contributed by atoms with van der Waals surface area (Å²) in [5, 5.41) is 15.0. The number of carbonyl (C=O) groups excluding carboxylic acids is 1. The van der Waals surface area contributed by atoms with E-state index in [1.165, 1.54) is 23.1 Å². The number of benzene rings is 2. The molecule has 2 amide bonds. The first kappa shape index (κ1) is 19.8. The smallest absolute Gasteiger partial charge is 0.325 e. The SMILES string of the molecule is COc1ccccc1NC(=O)Nc1nnc(SCc2ccc(Cl)cc2Cl)s1. The molecule has 6 nitrogen and oxygen atoms in total. The van der Waals surface area contributed by atoms with Crippen molar-refractivity contribution < 1.29 is 9.53 Å². The first-order valence-corrected chi connectivity index (χ1v) is 10.2. The molecule has 10 heteroatoms. The number of hydrogen-bond donors (Lipinski definition) is 2. The van der Waals surface area contributed by atoms with Gasteiger partial charge in [0.05, 0.1) is 12.8 Å². The lowest BCUT2D eigenvalue weighted by Crippen LogP contribution is -2.19. The Labute approximate surface area is 174 Å². The van der Waals surface area contributed by atoms with E-state index < -0.39 is 6.03 Å². The fourth-order valence-electron chi connectivity index (χ4n) is 2.10. The molecule has 3 aromatic rings. The molecular formula is C17H14Cl2N4O2S2. The number of para-hydroxylation sites is 2. The molecule has 0 spiro atoms. The first-order chi connectivity index (χ1) is 13.0. The lowest BCUT2D eigenvalue weighted by molar-refractivity contribution is 0.262. The number of halogens is 2. The number of ether oxygens (including phenoxy) is 1. The molecule has 27 heavy (non-hydrogen) atoms. The van der Waals surface area contributed by atoms with Gasteiger partial charge in [-0.2, -0.15) is 0 Å². The van der Waals surface area contributed by atoms with Crippen LogP contribution >= 0.6 is 46.3 Å². The molecule has 0 aliphatic carbocycles. The van der Waals surface area contributed by atoms with E-state index in [2.05, 4.69) is 20.8 Å². The van der Waals surface area contributed by atoms with Gasteiger partial charge in [-0.05, 0) is 29.8 Å². The highest BCUT2D eigenvalue weighted by molar-refractivity contribution is 8.00. The molecule has 0 fully saturated rings. The van der Waals surface area contributed by atoms with Crippen LogP contribution in [0.5, 0.6) is 5.75 Å². The highest BCUT2D eigenvalue weighted by Crippen LogP contribution is 2.31. The maximum atomic E-state index is 12.1. The largest absolute Gasteiger partial charge is 0.495 e. The summed E-state index contributed by atoms with van der Waals surface area (Å²) in [6, 6.07) is 12.1. The number of nitrogens with one attached hydrogen (secondary N) is 2. The fourth-order valence-corrected chi connectivity index (χ4v) is 4.40. The molecule has 1 aromatic heterocycles. The van der Waals surface area contributed by atoms with Crippen molar-refractivity contribution in [3.05, 3.63) is 58.1 Å². The van der Waals surface area contributed by atoms with Gasteiger partial charge in [-0.25, -0.2) is 4.79 Å². The number of methoxy groups -OCH3 is 1. The van der Waals surface area contributed by atoms with Gasteiger partial charge in [0, 0.05) is 15.8 Å². The van der Waals surface area contributed by atoms with Gasteiger partial charge < -0.3 is 10.1 Å². The van der Waals surface area contributed by atoms with Crippen LogP contribution in [0.1, 0.15) is 5.56 Å². The topological polar surface area (TPSA) is 76.1 Å². The Kier molecular flexibility index (Phi) is 6.78. The minimum Gasteiger partial charge on any atom is -0.495 e. The van der Waals surface area contributed by atoms with Gasteiger partial charge in [-0.15, -0.1) is 10.2 Å². The zero-order valence-corrected chi connectivity index (χ0v) is 17.2. The Morgan fingerprint density at radius 2 is 2.00 bits per heavy atom. The van der Waals surface area contributed by atoms with E-state index in [0.29, 0.717) is 36.7 Å². The Morgan fingerprint density at radius 3 is 2.78 bits per heavy atom. The van der Waals surface area contributed by atoms with Crippen LogP contribution in [0, 0.1) is 0 Å². The minimum atomic E-state index is -0.423. The summed E-state index contributed by atoms with van der Waals surface area (Å²) >= 11 is 14.8. The van der Waals surface area contributed by atoms with E-state index in [-0.39, 0.29) is 0 Å². The molecule has 0 aliphatic rings. The Morgan fingerprint density at radius 1 is 1.19 bits per heavy atom. The predicted molar refractivity (Wildman–Crippen MR) is 112 cm³/mol. The van der Waals surface area contributed by atoms with Gasteiger partial charge >= 0.3 is 6.03 Å². The predicted octanol–water partition coefficient (Wildman–Crippen LogP) is 5.79. The average Bonchev–Trinajstić information content (AvgIpc) is 3.08. The number of hydrogen-bond acceptors (Lipinski definition) is 6. The molecule has 0 saturated heterocycles. The molecule has 0 bridgehead atoms. The highest BCUT2D eigenvalue weighted by Gasteiger charge is 2.11. The molecular weight excluding hydrogens is 427 g/mol. The third kappa shape index (κ3) is 5.49. The zero-order chi connectivity index (χ0) is 19.2. The number of nitrogens with zero attached hydrogens (tertiary/aromatic N) is 2. The van der Waals surface area contributed by atoms with Crippen LogP contribution in [0.25, 0.3) is 0 Å². The van der Waals surface area contributed by atoms with Crippen molar-refractivity contribution in [1.82, 2.24) is 10.2 Å². The number of urea groups is 1. The fraction of sp³-hybridized carbons (Fsp3) is 0.118. The van der Waals surface area contributed by atoms with E-state index in [1.54, 1.807) is 37.4 Å². The second kappa shape index (κ2) is 9.27. The van der Waals surface area contributed by atoms with Crippen molar-refractivity contribution in [3.8, 4) is 5.75 Å². The Bertz CT molecular complexity index is 952. The van der Waals surface area contributed by atoms with E-state index >= 15 is 0 Å². The summed E-state index contributed by atoms with van der Waals surface area (Å²) in [6.45, 7) is 0. The van der Waals surface area contributed by atoms with Crippen LogP contribution in [0.4, 0.5) is 15.6 Å². The van der Waals surface area contributed by atoms with Crippen LogP contribution in [-0.4, -0.2) is 23.3 Å². The highest BCUT2D eigenvalue weighted by atomic mass is 35.5. The minimum absolute atomic E-state index is 0.395. The molecule has 2 aromatic carbocycles. The van der Waals surface area contributed by atoms with Crippen molar-refractivity contribution in [1.29, 1.82) is 0 Å². The standard InChI is InChI=1S/C17H14Cl2N4O2S2/c1-25-14-5-3-2-4-13(14)20-15(24)21-16-22-23-17(27-16)26-9-10-6-7-11(18)8-12(10)19/h2-8H,9H2,1H3,(H2,20,21,22,24). The van der Waals surface area contributed by atoms with E-state index in [0.717, 1.165) is 5.56 Å². The quantitative estimate of drug-likeness (QED) is 0.374. The van der Waals surface area contributed by atoms with Gasteiger partial charge in [0.1, 0.15) is 5.75 Å². The number of amides is 2. The summed E-state index contributed by atoms with van der Waals surface area (Å²) in [5.41, 5.74) is 1.51. The third-order valence-electron chi connectivity index (χ3n) is 3.35. The van der Waals surface area contributed by atoms with Crippen molar-refractivity contribution in [2.45, 2.75) is 10.1 Å². The summed E-state index contributed by atoms with van der Waals surface area (Å²) in [4.78, 5) is 12.1. The number of anilines is 2. The van der Waals surface area contributed by atoms with Crippen LogP contribution in [0.3, 0.4) is 0 Å². The number of thioether (sulfide) groups is 1. The number of carbonyl (C=O) groups is 1. The molecule has 1 heterocycles. The summed E-state index contributed by atoms with van der Waals surface area (Å²) < 4.78 is 5.92. The Hall–Kier alpha value is -2.00. The second-order valence-corrected chi connectivity index (χ2v) is 8.22. The van der Waals surface area contributed by atoms with Crippen LogP contribution < -0.4 is 15.4 Å². The zero-order valence-electron chi connectivity index (χ0n) is 14.0. The normalized spacial score (nSPS) is 10.5. The maximum absolute atomic E-state index is 12.1. The van der Waals surface area contributed by atoms with E-state index in [4.69, 9.17) is 27.9 Å². The first-order valence-electron chi connectivity index (χ1n) is 7.66. The third-order valence-corrected chi connectivity index (χ3v) is 5.96. The summed E-state index contributed by atoms with van der Waals surface area (Å²) in [7, 11) is 1.54. The molecule has 140 valence electrons. The summed E-state index contributed by atoms with van der Waals surface area (Å²) in [6.07, 6.45) is 0. The molecule has 0 atom stereocenters. The average molecular weight is 441 g/mol. The monoisotopic (exact) mass is 440 g/mol. The number of rotatable bonds is 6. The Balaban J connectivity index is 1.56. The van der Waals surface area contributed by atoms with Crippen LogP contribution in [0.15, 0.2) is 46.8 Å². The lowest BCUT2D eigenvalue weighted by atomic mass is 10.2. The molecule has 0 radical (unpaired) electrons. The van der Waals surface area contributed by atoms with Crippen molar-refractivity contribution in [2.75, 3.05) is 17.7 Å². The second-order valence-electron chi connectivity index (χ2n) is 5.18. The van der Waals surface area contributed by atoms with Crippen molar-refractivity contribution in [3.63, 3.8) is 0 Å². The molecule has 0 saturated carbocycles. The summed E-state index contributed by atoms with van der Waals surface area (Å²) in [5.74, 6) is 1.19. The van der Waals surface area contributed by atoms with E-state index in [1.807, 2.05) is 12.1 Å². The van der Waals surface area contributed by atoms with Crippen LogP contribution in [-0.2, 0) is 5.75 Å². The van der Waals surface area contributed by atoms with E-state index in [9.17, 15) is 4.79 Å².